The number of nitrogens with one attached hydrogen (secondary N) is 1. The second-order valence-corrected chi connectivity index (χ2v) is 4.10. The first kappa shape index (κ1) is 14.2. The molecule has 98 valence electrons. The third-order valence-electron chi connectivity index (χ3n) is 2.67. The van der Waals surface area contributed by atoms with Crippen LogP contribution < -0.4 is 11.1 Å². The van der Waals surface area contributed by atoms with Crippen molar-refractivity contribution in [3.05, 3.63) is 35.9 Å². The highest BCUT2D eigenvalue weighted by molar-refractivity contribution is 5.86. The molecule has 0 unspecified atom stereocenters. The van der Waals surface area contributed by atoms with Crippen molar-refractivity contribution in [2.45, 2.75) is 31.8 Å². The maximum atomic E-state index is 11.6. The quantitative estimate of drug-likeness (QED) is 0.687. The Balaban J connectivity index is 2.67. The SMILES string of the molecule is CC[C@@H](N)C(=O)N[C@@H](Cc1ccccc1)C(=O)O. The summed E-state index contributed by atoms with van der Waals surface area (Å²) in [5.74, 6) is -1.49. The van der Waals surface area contributed by atoms with Crippen molar-refractivity contribution in [3.8, 4) is 0 Å². The van der Waals surface area contributed by atoms with Crippen molar-refractivity contribution in [1.82, 2.24) is 5.32 Å². The van der Waals surface area contributed by atoms with Crippen molar-refractivity contribution in [2.24, 2.45) is 5.73 Å². The number of carboxylic acids is 1. The molecular weight excluding hydrogens is 232 g/mol. The lowest BCUT2D eigenvalue weighted by Gasteiger charge is -2.17. The van der Waals surface area contributed by atoms with Gasteiger partial charge in [0.2, 0.25) is 5.91 Å². The second-order valence-electron chi connectivity index (χ2n) is 4.10. The molecule has 4 N–H and O–H groups in total. The van der Waals surface area contributed by atoms with Crippen molar-refractivity contribution in [2.75, 3.05) is 0 Å². The Morgan fingerprint density at radius 1 is 1.33 bits per heavy atom. The fourth-order valence-corrected chi connectivity index (χ4v) is 1.51. The average Bonchev–Trinajstić information content (AvgIpc) is 2.37. The number of amides is 1. The number of nitrogens with two attached hydrogens (primary N) is 1. The summed E-state index contributed by atoms with van der Waals surface area (Å²) in [6.07, 6.45) is 0.724. The zero-order valence-corrected chi connectivity index (χ0v) is 10.3. The van der Waals surface area contributed by atoms with Gasteiger partial charge in [0.1, 0.15) is 6.04 Å². The minimum Gasteiger partial charge on any atom is -0.480 e. The van der Waals surface area contributed by atoms with E-state index in [1.165, 1.54) is 0 Å². The number of hydrogen-bond acceptors (Lipinski definition) is 3. The molecular formula is C13H18N2O3. The average molecular weight is 250 g/mol. The summed E-state index contributed by atoms with van der Waals surface area (Å²) in [6.45, 7) is 1.78. The fourth-order valence-electron chi connectivity index (χ4n) is 1.51. The number of carbonyl (C=O) groups excluding carboxylic acids is 1. The van der Waals surface area contributed by atoms with Crippen LogP contribution in [0.15, 0.2) is 30.3 Å². The molecule has 1 aromatic rings. The molecule has 1 aromatic carbocycles. The molecule has 0 aliphatic carbocycles. The van der Waals surface area contributed by atoms with E-state index in [1.807, 2.05) is 30.3 Å². The molecule has 0 fully saturated rings. The summed E-state index contributed by atoms with van der Waals surface area (Å²) >= 11 is 0. The Hall–Kier alpha value is -1.88. The fraction of sp³-hybridized carbons (Fsp3) is 0.385. The molecule has 0 saturated heterocycles. The van der Waals surface area contributed by atoms with Gasteiger partial charge in [-0.05, 0) is 12.0 Å². The van der Waals surface area contributed by atoms with E-state index in [0.717, 1.165) is 5.56 Å². The number of aliphatic carboxylic acids is 1. The molecule has 0 aliphatic rings. The maximum Gasteiger partial charge on any atom is 0.326 e. The molecule has 0 radical (unpaired) electrons. The molecule has 18 heavy (non-hydrogen) atoms. The van der Waals surface area contributed by atoms with E-state index < -0.39 is 24.0 Å². The minimum atomic E-state index is -1.06. The third-order valence-corrected chi connectivity index (χ3v) is 2.67. The van der Waals surface area contributed by atoms with E-state index in [0.29, 0.717) is 6.42 Å². The zero-order chi connectivity index (χ0) is 13.5. The van der Waals surface area contributed by atoms with Crippen LogP contribution in [-0.4, -0.2) is 29.1 Å². The van der Waals surface area contributed by atoms with Crippen LogP contribution in [0.3, 0.4) is 0 Å². The van der Waals surface area contributed by atoms with Crippen LogP contribution in [0, 0.1) is 0 Å². The van der Waals surface area contributed by atoms with Crippen molar-refractivity contribution in [1.29, 1.82) is 0 Å². The molecule has 5 nitrogen and oxygen atoms in total. The number of carbonyl (C=O) groups is 2. The number of hydrogen-bond donors (Lipinski definition) is 3. The van der Waals surface area contributed by atoms with Gasteiger partial charge in [-0.2, -0.15) is 0 Å². The predicted molar refractivity (Wildman–Crippen MR) is 68.0 cm³/mol. The van der Waals surface area contributed by atoms with E-state index in [1.54, 1.807) is 6.92 Å². The predicted octanol–water partition coefficient (Wildman–Crippen LogP) is 0.536. The lowest BCUT2D eigenvalue weighted by Crippen LogP contribution is -2.49. The monoisotopic (exact) mass is 250 g/mol. The van der Waals surface area contributed by atoms with Crippen LogP contribution in [0.25, 0.3) is 0 Å². The molecule has 0 heterocycles. The van der Waals surface area contributed by atoms with Crippen molar-refractivity contribution >= 4 is 11.9 Å². The summed E-state index contributed by atoms with van der Waals surface area (Å²) in [5, 5.41) is 11.5. The summed E-state index contributed by atoms with van der Waals surface area (Å²) in [5.41, 5.74) is 6.41. The van der Waals surface area contributed by atoms with Gasteiger partial charge in [-0.3, -0.25) is 4.79 Å². The highest BCUT2D eigenvalue weighted by Gasteiger charge is 2.22. The van der Waals surface area contributed by atoms with Crippen LogP contribution in [0.2, 0.25) is 0 Å². The first-order valence-electron chi connectivity index (χ1n) is 5.87. The summed E-state index contributed by atoms with van der Waals surface area (Å²) < 4.78 is 0. The van der Waals surface area contributed by atoms with Crippen LogP contribution in [-0.2, 0) is 16.0 Å². The Bertz CT molecular complexity index is 406. The smallest absolute Gasteiger partial charge is 0.326 e. The van der Waals surface area contributed by atoms with Gasteiger partial charge in [-0.1, -0.05) is 37.3 Å². The van der Waals surface area contributed by atoms with E-state index in [9.17, 15) is 9.59 Å². The molecule has 1 rings (SSSR count). The normalized spacial score (nSPS) is 13.7. The van der Waals surface area contributed by atoms with Crippen molar-refractivity contribution < 1.29 is 14.7 Å². The van der Waals surface area contributed by atoms with E-state index in [2.05, 4.69) is 5.32 Å². The van der Waals surface area contributed by atoms with E-state index in [-0.39, 0.29) is 6.42 Å². The van der Waals surface area contributed by atoms with Gasteiger partial charge in [0.25, 0.3) is 0 Å². The standard InChI is InChI=1S/C13H18N2O3/c1-2-10(14)12(16)15-11(13(17)18)8-9-6-4-3-5-7-9/h3-7,10-11H,2,8,14H2,1H3,(H,15,16)(H,17,18)/t10-,11+/m1/s1. The molecule has 2 atom stereocenters. The van der Waals surface area contributed by atoms with Crippen molar-refractivity contribution in [3.63, 3.8) is 0 Å². The number of rotatable bonds is 6. The zero-order valence-electron chi connectivity index (χ0n) is 10.3. The molecule has 1 amide bonds. The molecule has 0 aliphatic heterocycles. The Labute approximate surface area is 106 Å². The van der Waals surface area contributed by atoms with E-state index >= 15 is 0 Å². The summed E-state index contributed by atoms with van der Waals surface area (Å²) in [6, 6.07) is 7.54. The molecule has 0 aromatic heterocycles. The van der Waals surface area contributed by atoms with Gasteiger partial charge >= 0.3 is 5.97 Å². The molecule has 5 heteroatoms. The number of carboxylic acid groups (broad SMARTS) is 1. The van der Waals surface area contributed by atoms with Crippen LogP contribution in [0.5, 0.6) is 0 Å². The van der Waals surface area contributed by atoms with Crippen LogP contribution in [0.4, 0.5) is 0 Å². The second kappa shape index (κ2) is 6.76. The maximum absolute atomic E-state index is 11.6. The summed E-state index contributed by atoms with van der Waals surface area (Å²) in [7, 11) is 0. The van der Waals surface area contributed by atoms with Gasteiger partial charge in [0, 0.05) is 6.42 Å². The van der Waals surface area contributed by atoms with Gasteiger partial charge in [-0.15, -0.1) is 0 Å². The molecule has 0 spiro atoms. The lowest BCUT2D eigenvalue weighted by molar-refractivity contribution is -0.142. The third kappa shape index (κ3) is 4.18. The number of benzene rings is 1. The Morgan fingerprint density at radius 2 is 1.94 bits per heavy atom. The highest BCUT2D eigenvalue weighted by atomic mass is 16.4. The van der Waals surface area contributed by atoms with E-state index in [4.69, 9.17) is 10.8 Å². The topological polar surface area (TPSA) is 92.4 Å². The first-order valence-corrected chi connectivity index (χ1v) is 5.87. The largest absolute Gasteiger partial charge is 0.480 e. The first-order chi connectivity index (χ1) is 8.54. The van der Waals surface area contributed by atoms with Gasteiger partial charge in [0.15, 0.2) is 0 Å². The van der Waals surface area contributed by atoms with Gasteiger partial charge in [-0.25, -0.2) is 4.79 Å². The minimum absolute atomic E-state index is 0.248. The molecule has 0 saturated carbocycles. The van der Waals surface area contributed by atoms with Crippen LogP contribution in [0.1, 0.15) is 18.9 Å². The Kier molecular flexibility index (Phi) is 5.32. The lowest BCUT2D eigenvalue weighted by atomic mass is 10.1. The highest BCUT2D eigenvalue weighted by Crippen LogP contribution is 2.04. The van der Waals surface area contributed by atoms with Gasteiger partial charge < -0.3 is 16.2 Å². The van der Waals surface area contributed by atoms with Crippen LogP contribution >= 0.6 is 0 Å². The summed E-state index contributed by atoms with van der Waals surface area (Å²) in [4.78, 5) is 22.7. The molecule has 0 bridgehead atoms. The Morgan fingerprint density at radius 3 is 2.44 bits per heavy atom. The van der Waals surface area contributed by atoms with Gasteiger partial charge in [0.05, 0.1) is 6.04 Å².